The van der Waals surface area contributed by atoms with Crippen LogP contribution in [0.3, 0.4) is 0 Å². The number of hydrogen-bond donors (Lipinski definition) is 1. The summed E-state index contributed by atoms with van der Waals surface area (Å²) in [6.45, 7) is 5.91. The van der Waals surface area contributed by atoms with Crippen molar-refractivity contribution in [3.8, 4) is 6.07 Å². The van der Waals surface area contributed by atoms with Crippen LogP contribution in [0.2, 0.25) is 0 Å². The zero-order valence-corrected chi connectivity index (χ0v) is 15.7. The molecule has 3 rings (SSSR count). The van der Waals surface area contributed by atoms with Gasteiger partial charge in [-0.15, -0.1) is 21.5 Å². The van der Waals surface area contributed by atoms with Crippen molar-refractivity contribution in [3.05, 3.63) is 41.4 Å². The second-order valence-electron chi connectivity index (χ2n) is 5.73. The molecule has 6 nitrogen and oxygen atoms in total. The minimum atomic E-state index is -0.344. The molecule has 1 aromatic carbocycles. The van der Waals surface area contributed by atoms with Gasteiger partial charge in [-0.1, -0.05) is 23.9 Å². The number of hydrogen-bond acceptors (Lipinski definition) is 7. The van der Waals surface area contributed by atoms with Gasteiger partial charge in [0.05, 0.1) is 15.5 Å². The van der Waals surface area contributed by atoms with Gasteiger partial charge in [-0.3, -0.25) is 0 Å². The summed E-state index contributed by atoms with van der Waals surface area (Å²) in [7, 11) is 0. The molecule has 0 amide bonds. The summed E-state index contributed by atoms with van der Waals surface area (Å²) in [5.41, 5.74) is 1.03. The summed E-state index contributed by atoms with van der Waals surface area (Å²) in [6.07, 6.45) is 1.67. The van der Waals surface area contributed by atoms with E-state index in [0.717, 1.165) is 10.2 Å². The normalized spacial score (nSPS) is 13.7. The highest BCUT2D eigenvalue weighted by Gasteiger charge is 2.21. The number of benzene rings is 1. The van der Waals surface area contributed by atoms with E-state index in [1.165, 1.54) is 23.1 Å². The molecular formula is C17H17N5OS2. The lowest BCUT2D eigenvalue weighted by molar-refractivity contribution is 0.401. The minimum absolute atomic E-state index is 0.00450. The fourth-order valence-corrected chi connectivity index (χ4v) is 4.27. The number of rotatable bonds is 5. The SMILES string of the molecule is CC(Sc1nncn1C(C)C)/C(O)=C(\C#N)c1nc2ccccc2s1. The number of aliphatic hydroxyl groups excluding tert-OH is 1. The first-order valence-electron chi connectivity index (χ1n) is 7.76. The van der Waals surface area contributed by atoms with Gasteiger partial charge in [-0.05, 0) is 32.9 Å². The van der Waals surface area contributed by atoms with Crippen LogP contribution < -0.4 is 0 Å². The van der Waals surface area contributed by atoms with E-state index in [0.29, 0.717) is 10.2 Å². The van der Waals surface area contributed by atoms with Crippen molar-refractivity contribution >= 4 is 38.9 Å². The van der Waals surface area contributed by atoms with Gasteiger partial charge in [0, 0.05) is 6.04 Å². The molecule has 128 valence electrons. The van der Waals surface area contributed by atoms with E-state index in [2.05, 4.69) is 21.3 Å². The maximum Gasteiger partial charge on any atom is 0.191 e. The molecule has 1 atom stereocenters. The molecule has 2 heterocycles. The van der Waals surface area contributed by atoms with Crippen molar-refractivity contribution in [2.45, 2.75) is 37.2 Å². The highest BCUT2D eigenvalue weighted by Crippen LogP contribution is 2.33. The molecule has 3 aromatic rings. The van der Waals surface area contributed by atoms with Crippen LogP contribution in [-0.4, -0.2) is 30.1 Å². The number of nitriles is 1. The molecule has 0 spiro atoms. The van der Waals surface area contributed by atoms with Crippen LogP contribution in [-0.2, 0) is 0 Å². The number of aromatic nitrogens is 4. The van der Waals surface area contributed by atoms with Crippen LogP contribution in [0, 0.1) is 11.3 Å². The Balaban J connectivity index is 1.92. The Morgan fingerprint density at radius 3 is 2.76 bits per heavy atom. The van der Waals surface area contributed by atoms with Gasteiger partial charge in [-0.2, -0.15) is 5.26 Å². The molecule has 1 unspecified atom stereocenters. The molecule has 0 aliphatic rings. The fraction of sp³-hybridized carbons (Fsp3) is 0.294. The highest BCUT2D eigenvalue weighted by atomic mass is 32.2. The second-order valence-corrected chi connectivity index (χ2v) is 8.07. The van der Waals surface area contributed by atoms with Crippen molar-refractivity contribution in [1.82, 2.24) is 19.7 Å². The topological polar surface area (TPSA) is 87.6 Å². The molecule has 1 N–H and O–H groups in total. The summed E-state index contributed by atoms with van der Waals surface area (Å²) in [6, 6.07) is 9.99. The Hall–Kier alpha value is -2.37. The number of nitrogens with zero attached hydrogens (tertiary/aromatic N) is 5. The molecule has 8 heteroatoms. The van der Waals surface area contributed by atoms with E-state index in [4.69, 9.17) is 0 Å². The lowest BCUT2D eigenvalue weighted by atomic mass is 10.2. The molecule has 2 aromatic heterocycles. The van der Waals surface area contributed by atoms with Crippen LogP contribution in [0.4, 0.5) is 0 Å². The third-order valence-electron chi connectivity index (χ3n) is 3.64. The molecular weight excluding hydrogens is 354 g/mol. The largest absolute Gasteiger partial charge is 0.510 e. The number of allylic oxidation sites excluding steroid dienone is 1. The van der Waals surface area contributed by atoms with Crippen molar-refractivity contribution in [2.24, 2.45) is 0 Å². The Bertz CT molecular complexity index is 934. The van der Waals surface area contributed by atoms with Crippen LogP contribution in [0.1, 0.15) is 31.8 Å². The summed E-state index contributed by atoms with van der Waals surface area (Å²) in [5.74, 6) is 0.00450. The van der Waals surface area contributed by atoms with Crippen LogP contribution in [0.5, 0.6) is 0 Å². The van der Waals surface area contributed by atoms with Crippen LogP contribution >= 0.6 is 23.1 Å². The first-order chi connectivity index (χ1) is 12.0. The van der Waals surface area contributed by atoms with Gasteiger partial charge in [0.1, 0.15) is 28.7 Å². The number of fused-ring (bicyclic) bond motifs is 1. The number of para-hydroxylation sites is 1. The highest BCUT2D eigenvalue weighted by molar-refractivity contribution is 7.99. The zero-order chi connectivity index (χ0) is 18.0. The standard InChI is InChI=1S/C17H17N5OS2/c1-10(2)22-9-19-21-17(22)24-11(3)15(23)12(8-18)16-20-13-6-4-5-7-14(13)25-16/h4-7,9-11,23H,1-3H3/b15-12-. The van der Waals surface area contributed by atoms with Crippen molar-refractivity contribution in [3.63, 3.8) is 0 Å². The zero-order valence-electron chi connectivity index (χ0n) is 14.0. The Morgan fingerprint density at radius 1 is 1.32 bits per heavy atom. The van der Waals surface area contributed by atoms with E-state index < -0.39 is 0 Å². The van der Waals surface area contributed by atoms with Gasteiger partial charge in [0.2, 0.25) is 0 Å². The number of aliphatic hydroxyl groups is 1. The molecule has 0 saturated heterocycles. The van der Waals surface area contributed by atoms with Crippen LogP contribution in [0.25, 0.3) is 15.8 Å². The number of thiazole rings is 1. The predicted molar refractivity (Wildman–Crippen MR) is 101 cm³/mol. The van der Waals surface area contributed by atoms with Crippen LogP contribution in [0.15, 0.2) is 41.5 Å². The predicted octanol–water partition coefficient (Wildman–Crippen LogP) is 4.44. The molecule has 0 bridgehead atoms. The maximum atomic E-state index is 10.6. The summed E-state index contributed by atoms with van der Waals surface area (Å²) in [4.78, 5) is 4.47. The fourth-order valence-electron chi connectivity index (χ4n) is 2.28. The minimum Gasteiger partial charge on any atom is -0.510 e. The van der Waals surface area contributed by atoms with Gasteiger partial charge in [-0.25, -0.2) is 4.98 Å². The molecule has 0 fully saturated rings. The van der Waals surface area contributed by atoms with Gasteiger partial charge >= 0.3 is 0 Å². The average molecular weight is 371 g/mol. The first kappa shape index (κ1) is 17.5. The molecule has 25 heavy (non-hydrogen) atoms. The average Bonchev–Trinajstić information content (AvgIpc) is 3.21. The maximum absolute atomic E-state index is 10.6. The summed E-state index contributed by atoms with van der Waals surface area (Å²) < 4.78 is 2.91. The lowest BCUT2D eigenvalue weighted by Gasteiger charge is -2.14. The summed E-state index contributed by atoms with van der Waals surface area (Å²) in [5, 5.41) is 29.1. The molecule has 0 saturated carbocycles. The third-order valence-corrected chi connectivity index (χ3v) is 5.77. The summed E-state index contributed by atoms with van der Waals surface area (Å²) >= 11 is 2.76. The monoisotopic (exact) mass is 371 g/mol. The smallest absolute Gasteiger partial charge is 0.191 e. The van der Waals surface area contributed by atoms with Crippen molar-refractivity contribution in [1.29, 1.82) is 5.26 Å². The Labute approximate surface area is 153 Å². The van der Waals surface area contributed by atoms with E-state index in [9.17, 15) is 10.4 Å². The lowest BCUT2D eigenvalue weighted by Crippen LogP contribution is -2.08. The first-order valence-corrected chi connectivity index (χ1v) is 9.46. The van der Waals surface area contributed by atoms with Gasteiger partial charge in [0.15, 0.2) is 5.16 Å². The molecule has 0 radical (unpaired) electrons. The molecule has 0 aliphatic carbocycles. The van der Waals surface area contributed by atoms with E-state index in [1.807, 2.05) is 49.6 Å². The quantitative estimate of drug-likeness (QED) is 0.405. The van der Waals surface area contributed by atoms with Gasteiger partial charge in [0.25, 0.3) is 0 Å². The van der Waals surface area contributed by atoms with E-state index in [-0.39, 0.29) is 22.6 Å². The van der Waals surface area contributed by atoms with E-state index >= 15 is 0 Å². The second kappa shape index (κ2) is 7.25. The number of thioether (sulfide) groups is 1. The Kier molecular flexibility index (Phi) is 5.06. The van der Waals surface area contributed by atoms with Gasteiger partial charge < -0.3 is 9.67 Å². The third kappa shape index (κ3) is 3.52. The Morgan fingerprint density at radius 2 is 2.08 bits per heavy atom. The van der Waals surface area contributed by atoms with E-state index in [1.54, 1.807) is 6.33 Å². The van der Waals surface area contributed by atoms with Crippen molar-refractivity contribution in [2.75, 3.05) is 0 Å². The molecule has 0 aliphatic heterocycles. The van der Waals surface area contributed by atoms with Crippen molar-refractivity contribution < 1.29 is 5.11 Å².